The van der Waals surface area contributed by atoms with Crippen LogP contribution in [0.2, 0.25) is 0 Å². The lowest BCUT2D eigenvalue weighted by atomic mass is 9.99. The Morgan fingerprint density at radius 1 is 0.788 bits per heavy atom. The maximum absolute atomic E-state index is 12.9. The molecule has 0 bridgehead atoms. The molecule has 0 saturated carbocycles. The van der Waals surface area contributed by atoms with Crippen molar-refractivity contribution in [1.82, 2.24) is 0 Å². The average Bonchev–Trinajstić information content (AvgIpc) is 2.98. The lowest BCUT2D eigenvalue weighted by molar-refractivity contribution is -0.144. The third-order valence-electron chi connectivity index (χ3n) is 6.52. The Balaban J connectivity index is 1.47. The highest BCUT2D eigenvalue weighted by molar-refractivity contribution is 5.93. The van der Waals surface area contributed by atoms with E-state index in [9.17, 15) is 9.59 Å². The molecule has 1 atom stereocenters. The van der Waals surface area contributed by atoms with Crippen molar-refractivity contribution in [1.29, 1.82) is 0 Å². The standard InChI is InChI=1S/C30H38O3/c1-3-4-5-6-7-8-9-10-11-16-29(31)33-22-23(2)25-19-20-28-26(21-25)18-17-24-14-12-13-15-27(24)30(28)32/h12-15,17-21,23H,3-11,16,22H2,1-2H3. The molecule has 0 saturated heterocycles. The summed E-state index contributed by atoms with van der Waals surface area (Å²) in [6.45, 7) is 4.67. The van der Waals surface area contributed by atoms with Gasteiger partial charge < -0.3 is 4.74 Å². The van der Waals surface area contributed by atoms with E-state index in [0.29, 0.717) is 13.0 Å². The van der Waals surface area contributed by atoms with Crippen molar-refractivity contribution in [3.8, 4) is 0 Å². The van der Waals surface area contributed by atoms with Gasteiger partial charge in [0.1, 0.15) is 0 Å². The van der Waals surface area contributed by atoms with E-state index in [0.717, 1.165) is 39.9 Å². The van der Waals surface area contributed by atoms with Gasteiger partial charge in [-0.3, -0.25) is 9.59 Å². The highest BCUT2D eigenvalue weighted by Gasteiger charge is 2.11. The van der Waals surface area contributed by atoms with Crippen LogP contribution in [0.4, 0.5) is 0 Å². The molecule has 0 aliphatic rings. The Bertz CT molecular complexity index is 1100. The van der Waals surface area contributed by atoms with Gasteiger partial charge in [0.25, 0.3) is 0 Å². The van der Waals surface area contributed by atoms with Gasteiger partial charge in [0.15, 0.2) is 5.43 Å². The van der Waals surface area contributed by atoms with Gasteiger partial charge in [0.05, 0.1) is 6.61 Å². The maximum atomic E-state index is 12.9. The van der Waals surface area contributed by atoms with Gasteiger partial charge in [-0.1, -0.05) is 120 Å². The number of rotatable bonds is 13. The largest absolute Gasteiger partial charge is 0.465 e. The second-order valence-electron chi connectivity index (χ2n) is 9.26. The van der Waals surface area contributed by atoms with Gasteiger partial charge in [0.2, 0.25) is 0 Å². The fourth-order valence-corrected chi connectivity index (χ4v) is 4.37. The molecule has 3 aromatic rings. The first-order chi connectivity index (χ1) is 16.1. The molecule has 3 nitrogen and oxygen atoms in total. The Hall–Kier alpha value is -2.68. The predicted octanol–water partition coefficient (Wildman–Crippen LogP) is 7.92. The Morgan fingerprint density at radius 2 is 1.42 bits per heavy atom. The zero-order chi connectivity index (χ0) is 23.5. The third-order valence-corrected chi connectivity index (χ3v) is 6.52. The van der Waals surface area contributed by atoms with Crippen LogP contribution in [0.3, 0.4) is 0 Å². The molecule has 0 heterocycles. The minimum Gasteiger partial charge on any atom is -0.465 e. The number of carbonyl (C=O) groups excluding carboxylic acids is 1. The molecule has 0 aliphatic carbocycles. The van der Waals surface area contributed by atoms with E-state index in [1.807, 2.05) is 48.5 Å². The monoisotopic (exact) mass is 446 g/mol. The molecule has 3 rings (SSSR count). The van der Waals surface area contributed by atoms with E-state index in [-0.39, 0.29) is 17.3 Å². The normalized spacial score (nSPS) is 12.2. The molecule has 0 amide bonds. The second kappa shape index (κ2) is 13.1. The van der Waals surface area contributed by atoms with E-state index < -0.39 is 0 Å². The molecule has 1 unspecified atom stereocenters. The molecular formula is C30H38O3. The number of hydrogen-bond acceptors (Lipinski definition) is 3. The zero-order valence-corrected chi connectivity index (χ0v) is 20.3. The third kappa shape index (κ3) is 7.42. The van der Waals surface area contributed by atoms with Crippen molar-refractivity contribution in [2.45, 2.75) is 84.0 Å². The highest BCUT2D eigenvalue weighted by atomic mass is 16.5. The molecule has 33 heavy (non-hydrogen) atoms. The number of esters is 1. The Morgan fingerprint density at radius 3 is 2.18 bits per heavy atom. The number of unbranched alkanes of at least 4 members (excludes halogenated alkanes) is 8. The van der Waals surface area contributed by atoms with Gasteiger partial charge in [-0.2, -0.15) is 0 Å². The first-order valence-corrected chi connectivity index (χ1v) is 12.7. The van der Waals surface area contributed by atoms with Crippen LogP contribution in [0.25, 0.3) is 21.5 Å². The summed E-state index contributed by atoms with van der Waals surface area (Å²) in [5.41, 5.74) is 1.13. The van der Waals surface area contributed by atoms with Crippen LogP contribution in [0.5, 0.6) is 0 Å². The molecule has 3 heteroatoms. The second-order valence-corrected chi connectivity index (χ2v) is 9.26. The van der Waals surface area contributed by atoms with Gasteiger partial charge in [0, 0.05) is 23.1 Å². The fourth-order valence-electron chi connectivity index (χ4n) is 4.37. The van der Waals surface area contributed by atoms with E-state index in [1.54, 1.807) is 0 Å². The molecule has 0 N–H and O–H groups in total. The number of hydrogen-bond donors (Lipinski definition) is 0. The van der Waals surface area contributed by atoms with Crippen LogP contribution >= 0.6 is 0 Å². The van der Waals surface area contributed by atoms with Crippen molar-refractivity contribution in [2.75, 3.05) is 6.61 Å². The Kier molecular flexibility index (Phi) is 9.93. The smallest absolute Gasteiger partial charge is 0.305 e. The van der Waals surface area contributed by atoms with Gasteiger partial charge >= 0.3 is 5.97 Å². The zero-order valence-electron chi connectivity index (χ0n) is 20.3. The van der Waals surface area contributed by atoms with Crippen molar-refractivity contribution in [3.63, 3.8) is 0 Å². The molecule has 0 aromatic heterocycles. The Labute approximate surface area is 198 Å². The summed E-state index contributed by atoms with van der Waals surface area (Å²) >= 11 is 0. The predicted molar refractivity (Wildman–Crippen MR) is 139 cm³/mol. The van der Waals surface area contributed by atoms with E-state index >= 15 is 0 Å². The van der Waals surface area contributed by atoms with E-state index in [4.69, 9.17) is 4.74 Å². The summed E-state index contributed by atoms with van der Waals surface area (Å²) in [4.78, 5) is 25.1. The molecule has 0 fully saturated rings. The molecular weight excluding hydrogens is 408 g/mol. The van der Waals surface area contributed by atoms with Crippen LogP contribution in [-0.4, -0.2) is 12.6 Å². The molecule has 176 valence electrons. The SMILES string of the molecule is CCCCCCCCCCCC(=O)OCC(C)c1ccc2c(=O)c3ccccc3ccc2c1. The van der Waals surface area contributed by atoms with Crippen LogP contribution < -0.4 is 5.43 Å². The summed E-state index contributed by atoms with van der Waals surface area (Å²) < 4.78 is 5.55. The van der Waals surface area contributed by atoms with E-state index in [1.165, 1.54) is 44.9 Å². The maximum Gasteiger partial charge on any atom is 0.305 e. The number of fused-ring (bicyclic) bond motifs is 2. The number of carbonyl (C=O) groups is 1. The van der Waals surface area contributed by atoms with Crippen LogP contribution in [0.1, 0.15) is 89.5 Å². The van der Waals surface area contributed by atoms with E-state index in [2.05, 4.69) is 19.9 Å². The quantitative estimate of drug-likeness (QED) is 0.198. The average molecular weight is 447 g/mol. The number of ether oxygens (including phenoxy) is 1. The molecule has 0 aliphatic heterocycles. The minimum absolute atomic E-state index is 0.0530. The van der Waals surface area contributed by atoms with Crippen molar-refractivity contribution < 1.29 is 9.53 Å². The van der Waals surface area contributed by atoms with Crippen molar-refractivity contribution in [2.24, 2.45) is 0 Å². The van der Waals surface area contributed by atoms with Crippen LogP contribution in [-0.2, 0) is 9.53 Å². The lowest BCUT2D eigenvalue weighted by Gasteiger charge is -2.13. The van der Waals surface area contributed by atoms with Gasteiger partial charge in [-0.05, 0) is 22.8 Å². The first-order valence-electron chi connectivity index (χ1n) is 12.7. The summed E-state index contributed by atoms with van der Waals surface area (Å²) in [6, 6.07) is 17.6. The summed E-state index contributed by atoms with van der Waals surface area (Å²) in [5.74, 6) is -0.0263. The topological polar surface area (TPSA) is 43.4 Å². The molecule has 0 radical (unpaired) electrons. The van der Waals surface area contributed by atoms with Crippen LogP contribution in [0.15, 0.2) is 59.4 Å². The van der Waals surface area contributed by atoms with Gasteiger partial charge in [-0.15, -0.1) is 0 Å². The summed E-state index contributed by atoms with van der Waals surface area (Å²) in [6.07, 6.45) is 11.6. The van der Waals surface area contributed by atoms with Crippen LogP contribution in [0, 0.1) is 0 Å². The summed E-state index contributed by atoms with van der Waals surface area (Å²) in [7, 11) is 0. The molecule has 3 aromatic carbocycles. The van der Waals surface area contributed by atoms with Gasteiger partial charge in [-0.25, -0.2) is 0 Å². The lowest BCUT2D eigenvalue weighted by Crippen LogP contribution is -2.11. The minimum atomic E-state index is -0.106. The fraction of sp³-hybridized carbons (Fsp3) is 0.467. The highest BCUT2D eigenvalue weighted by Crippen LogP contribution is 2.22. The van der Waals surface area contributed by atoms with Crippen molar-refractivity contribution >= 4 is 27.5 Å². The molecule has 0 spiro atoms. The van der Waals surface area contributed by atoms with Crippen molar-refractivity contribution in [3.05, 3.63) is 70.4 Å². The number of benzene rings is 2. The first kappa shape index (κ1) is 25.0. The summed E-state index contributed by atoms with van der Waals surface area (Å²) in [5, 5.41) is 3.31.